The van der Waals surface area contributed by atoms with Crippen molar-refractivity contribution in [1.82, 2.24) is 9.97 Å². The number of amides is 1. The summed E-state index contributed by atoms with van der Waals surface area (Å²) in [6, 6.07) is 7.85. The summed E-state index contributed by atoms with van der Waals surface area (Å²) in [7, 11) is 0. The minimum atomic E-state index is -0.742. The highest BCUT2D eigenvalue weighted by Crippen LogP contribution is 2.25. The zero-order valence-electron chi connectivity index (χ0n) is 11.1. The van der Waals surface area contributed by atoms with Gasteiger partial charge >= 0.3 is 6.01 Å². The fourth-order valence-electron chi connectivity index (χ4n) is 1.91. The first-order valence-corrected chi connectivity index (χ1v) is 6.64. The molecule has 0 bridgehead atoms. The van der Waals surface area contributed by atoms with Gasteiger partial charge in [-0.05, 0) is 18.2 Å². The predicted molar refractivity (Wildman–Crippen MR) is 79.1 cm³/mol. The third-order valence-corrected chi connectivity index (χ3v) is 3.12. The van der Waals surface area contributed by atoms with Gasteiger partial charge in [-0.2, -0.15) is 0 Å². The molecule has 3 rings (SSSR count). The summed E-state index contributed by atoms with van der Waals surface area (Å²) in [6.45, 7) is 0. The molecule has 2 aromatic heterocycles. The number of carbonyl (C=O) groups is 1. The molecule has 0 unspecified atom stereocenters. The molecule has 0 radical (unpaired) electrons. The number of hydrogen-bond acceptors (Lipinski definition) is 4. The average molecular weight is 318 g/mol. The number of oxazole rings is 1. The van der Waals surface area contributed by atoms with E-state index in [-0.39, 0.29) is 17.3 Å². The molecule has 1 N–H and O–H groups in total. The van der Waals surface area contributed by atoms with E-state index in [1.54, 1.807) is 24.3 Å². The zero-order chi connectivity index (χ0) is 15.5. The number of hydrogen-bond donors (Lipinski definition) is 1. The lowest BCUT2D eigenvalue weighted by atomic mass is 10.1. The number of pyridine rings is 1. The maximum Gasteiger partial charge on any atom is 0.301 e. The topological polar surface area (TPSA) is 68.0 Å². The van der Waals surface area contributed by atoms with Crippen molar-refractivity contribution in [2.24, 2.45) is 0 Å². The van der Waals surface area contributed by atoms with Gasteiger partial charge in [0.05, 0.1) is 11.8 Å². The normalized spacial score (nSPS) is 10.5. The van der Waals surface area contributed by atoms with Gasteiger partial charge in [0.25, 0.3) is 5.91 Å². The van der Waals surface area contributed by atoms with E-state index >= 15 is 0 Å². The van der Waals surface area contributed by atoms with Crippen LogP contribution in [0.5, 0.6) is 0 Å². The summed E-state index contributed by atoms with van der Waals surface area (Å²) >= 11 is 5.89. The van der Waals surface area contributed by atoms with Gasteiger partial charge in [0.1, 0.15) is 12.0 Å². The molecule has 0 atom stereocenters. The van der Waals surface area contributed by atoms with E-state index in [1.165, 1.54) is 24.7 Å². The highest BCUT2D eigenvalue weighted by Gasteiger charge is 2.18. The number of benzene rings is 1. The standard InChI is InChI=1S/C15H9ClFN3O2/c16-10-3-1-2-9(8-10)13-12(17)11(4-5-18-13)14(21)20-15-19-6-7-22-15/h1-8H,(H,19,20,21). The summed E-state index contributed by atoms with van der Waals surface area (Å²) in [5, 5.41) is 2.81. The van der Waals surface area contributed by atoms with Crippen LogP contribution >= 0.6 is 11.6 Å². The van der Waals surface area contributed by atoms with Crippen LogP contribution in [0, 0.1) is 5.82 Å². The molecule has 5 nitrogen and oxygen atoms in total. The minimum absolute atomic E-state index is 0.00878. The molecular formula is C15H9ClFN3O2. The second-order valence-corrected chi connectivity index (χ2v) is 4.76. The minimum Gasteiger partial charge on any atom is -0.432 e. The molecule has 0 aliphatic rings. The Hall–Kier alpha value is -2.73. The first-order chi connectivity index (χ1) is 10.6. The van der Waals surface area contributed by atoms with Crippen LogP contribution in [0.15, 0.2) is 53.4 Å². The number of carbonyl (C=O) groups excluding carboxylic acids is 1. The van der Waals surface area contributed by atoms with E-state index in [4.69, 9.17) is 16.0 Å². The first kappa shape index (κ1) is 14.2. The Balaban J connectivity index is 1.97. The second kappa shape index (κ2) is 5.95. The van der Waals surface area contributed by atoms with Gasteiger partial charge in [0.15, 0.2) is 5.82 Å². The van der Waals surface area contributed by atoms with Crippen LogP contribution in [0.4, 0.5) is 10.4 Å². The molecule has 3 aromatic rings. The van der Waals surface area contributed by atoms with Crippen LogP contribution in [0.2, 0.25) is 5.02 Å². The number of rotatable bonds is 3. The molecule has 7 heteroatoms. The van der Waals surface area contributed by atoms with Gasteiger partial charge in [-0.25, -0.2) is 9.37 Å². The van der Waals surface area contributed by atoms with E-state index in [0.29, 0.717) is 10.6 Å². The molecule has 0 aliphatic carbocycles. The molecule has 2 heterocycles. The summed E-state index contributed by atoms with van der Waals surface area (Å²) in [5.41, 5.74) is 0.363. The SMILES string of the molecule is O=C(Nc1ncco1)c1ccnc(-c2cccc(Cl)c2)c1F. The predicted octanol–water partition coefficient (Wildman–Crippen LogP) is 3.78. The number of halogens is 2. The fourth-order valence-corrected chi connectivity index (χ4v) is 2.10. The molecule has 0 saturated heterocycles. The van der Waals surface area contributed by atoms with E-state index in [1.807, 2.05) is 0 Å². The van der Waals surface area contributed by atoms with Crippen LogP contribution in [0.1, 0.15) is 10.4 Å². The van der Waals surface area contributed by atoms with Crippen LogP contribution in [-0.2, 0) is 0 Å². The van der Waals surface area contributed by atoms with Crippen molar-refractivity contribution in [3.63, 3.8) is 0 Å². The fraction of sp³-hybridized carbons (Fsp3) is 0. The number of aromatic nitrogens is 2. The van der Waals surface area contributed by atoms with Crippen molar-refractivity contribution in [1.29, 1.82) is 0 Å². The van der Waals surface area contributed by atoms with Gasteiger partial charge in [0, 0.05) is 16.8 Å². The van der Waals surface area contributed by atoms with E-state index in [2.05, 4.69) is 15.3 Å². The lowest BCUT2D eigenvalue weighted by Crippen LogP contribution is -2.14. The maximum atomic E-state index is 14.6. The lowest BCUT2D eigenvalue weighted by molar-refractivity contribution is 0.102. The van der Waals surface area contributed by atoms with E-state index in [9.17, 15) is 9.18 Å². The molecule has 0 saturated carbocycles. The Bertz CT molecular complexity index is 821. The van der Waals surface area contributed by atoms with Crippen LogP contribution < -0.4 is 5.32 Å². The van der Waals surface area contributed by atoms with Crippen molar-refractivity contribution >= 4 is 23.5 Å². The van der Waals surface area contributed by atoms with Crippen molar-refractivity contribution in [3.8, 4) is 11.3 Å². The van der Waals surface area contributed by atoms with Crippen molar-refractivity contribution in [3.05, 3.63) is 65.4 Å². The smallest absolute Gasteiger partial charge is 0.301 e. The molecule has 0 spiro atoms. The Labute approximate surface area is 129 Å². The van der Waals surface area contributed by atoms with Crippen molar-refractivity contribution in [2.75, 3.05) is 5.32 Å². The van der Waals surface area contributed by atoms with Crippen LogP contribution in [0.25, 0.3) is 11.3 Å². The van der Waals surface area contributed by atoms with Gasteiger partial charge in [-0.15, -0.1) is 0 Å². The average Bonchev–Trinajstić information content (AvgIpc) is 3.00. The highest BCUT2D eigenvalue weighted by atomic mass is 35.5. The lowest BCUT2D eigenvalue weighted by Gasteiger charge is -2.07. The van der Waals surface area contributed by atoms with Gasteiger partial charge < -0.3 is 4.42 Å². The monoisotopic (exact) mass is 317 g/mol. The van der Waals surface area contributed by atoms with Gasteiger partial charge in [-0.3, -0.25) is 15.1 Å². The number of nitrogens with one attached hydrogen (secondary N) is 1. The van der Waals surface area contributed by atoms with Gasteiger partial charge in [0.2, 0.25) is 0 Å². The van der Waals surface area contributed by atoms with E-state index < -0.39 is 11.7 Å². The Kier molecular flexibility index (Phi) is 3.84. The first-order valence-electron chi connectivity index (χ1n) is 6.26. The molecule has 0 fully saturated rings. The molecule has 1 aromatic carbocycles. The summed E-state index contributed by atoms with van der Waals surface area (Å²) in [4.78, 5) is 19.8. The molecule has 1 amide bonds. The summed E-state index contributed by atoms with van der Waals surface area (Å²) < 4.78 is 19.4. The highest BCUT2D eigenvalue weighted by molar-refractivity contribution is 6.30. The molecule has 22 heavy (non-hydrogen) atoms. The zero-order valence-corrected chi connectivity index (χ0v) is 11.8. The third-order valence-electron chi connectivity index (χ3n) is 2.88. The second-order valence-electron chi connectivity index (χ2n) is 4.32. The van der Waals surface area contributed by atoms with Gasteiger partial charge in [-0.1, -0.05) is 23.7 Å². The number of anilines is 1. The van der Waals surface area contributed by atoms with Crippen LogP contribution in [-0.4, -0.2) is 15.9 Å². The molecule has 0 aliphatic heterocycles. The summed E-state index contributed by atoms with van der Waals surface area (Å²) in [6.07, 6.45) is 4.02. The Morgan fingerprint density at radius 1 is 1.23 bits per heavy atom. The summed E-state index contributed by atoms with van der Waals surface area (Å²) in [5.74, 6) is -1.42. The third kappa shape index (κ3) is 2.82. The Morgan fingerprint density at radius 3 is 2.82 bits per heavy atom. The number of nitrogens with zero attached hydrogens (tertiary/aromatic N) is 2. The largest absolute Gasteiger partial charge is 0.432 e. The molecule has 110 valence electrons. The quantitative estimate of drug-likeness (QED) is 0.798. The van der Waals surface area contributed by atoms with Crippen molar-refractivity contribution < 1.29 is 13.6 Å². The van der Waals surface area contributed by atoms with E-state index in [0.717, 1.165) is 0 Å². The Morgan fingerprint density at radius 2 is 2.09 bits per heavy atom. The maximum absolute atomic E-state index is 14.6. The van der Waals surface area contributed by atoms with Crippen LogP contribution in [0.3, 0.4) is 0 Å². The van der Waals surface area contributed by atoms with Crippen molar-refractivity contribution in [2.45, 2.75) is 0 Å². The molecular weight excluding hydrogens is 309 g/mol.